The number of carbonyl (C=O) groups is 2. The first-order valence-electron chi connectivity index (χ1n) is 9.17. The van der Waals surface area contributed by atoms with Crippen LogP contribution in [0.3, 0.4) is 0 Å². The Morgan fingerprint density at radius 1 is 1.04 bits per heavy atom. The zero-order valence-electron chi connectivity index (χ0n) is 15.9. The molecule has 0 spiro atoms. The molecule has 1 aliphatic rings. The molecule has 1 saturated carbocycles. The lowest BCUT2D eigenvalue weighted by atomic mass is 10.1. The monoisotopic (exact) mass is 350 g/mol. The fraction of sp³-hybridized carbons (Fsp3) is 0.364. The first kappa shape index (κ1) is 18.2. The number of hydrogen-bond acceptors (Lipinski definition) is 2. The van der Waals surface area contributed by atoms with Crippen molar-refractivity contribution >= 4 is 23.2 Å². The van der Waals surface area contributed by atoms with Crippen molar-refractivity contribution in [3.8, 4) is 0 Å². The lowest BCUT2D eigenvalue weighted by Crippen LogP contribution is -2.33. The van der Waals surface area contributed by atoms with E-state index < -0.39 is 0 Å². The fourth-order valence-electron chi connectivity index (χ4n) is 3.27. The van der Waals surface area contributed by atoms with E-state index in [2.05, 4.69) is 5.32 Å². The highest BCUT2D eigenvalue weighted by molar-refractivity contribution is 6.04. The van der Waals surface area contributed by atoms with E-state index in [1.165, 1.54) is 5.56 Å². The van der Waals surface area contributed by atoms with E-state index in [-0.39, 0.29) is 23.7 Å². The molecule has 2 unspecified atom stereocenters. The van der Waals surface area contributed by atoms with Gasteiger partial charge in [-0.2, -0.15) is 0 Å². The Balaban J connectivity index is 1.65. The number of nitrogens with one attached hydrogen (secondary N) is 1. The van der Waals surface area contributed by atoms with Gasteiger partial charge in [-0.1, -0.05) is 18.2 Å². The van der Waals surface area contributed by atoms with Crippen LogP contribution in [-0.2, 0) is 9.59 Å². The van der Waals surface area contributed by atoms with Crippen molar-refractivity contribution in [1.29, 1.82) is 0 Å². The molecule has 0 aliphatic heterocycles. The highest BCUT2D eigenvalue weighted by atomic mass is 16.2. The smallest absolute Gasteiger partial charge is 0.230 e. The molecular formula is C22H26N2O2. The molecule has 0 heterocycles. The van der Waals surface area contributed by atoms with Crippen LogP contribution in [0.25, 0.3) is 0 Å². The van der Waals surface area contributed by atoms with Gasteiger partial charge in [-0.25, -0.2) is 0 Å². The molecule has 26 heavy (non-hydrogen) atoms. The predicted octanol–water partition coefficient (Wildman–Crippen LogP) is 4.24. The quantitative estimate of drug-likeness (QED) is 0.877. The van der Waals surface area contributed by atoms with Crippen molar-refractivity contribution in [2.24, 2.45) is 11.8 Å². The van der Waals surface area contributed by atoms with Gasteiger partial charge in [0, 0.05) is 17.9 Å². The molecule has 4 heteroatoms. The van der Waals surface area contributed by atoms with Crippen LogP contribution in [0.5, 0.6) is 0 Å². The minimum atomic E-state index is -0.233. The zero-order valence-corrected chi connectivity index (χ0v) is 15.9. The molecule has 2 aromatic carbocycles. The summed E-state index contributed by atoms with van der Waals surface area (Å²) in [5.74, 6) is -0.477. The zero-order chi connectivity index (χ0) is 18.8. The standard InChI is InChI=1S/C22H26N2O2/c1-5-24(18-8-6-7-14(2)11-18)22(26)20-13-19(20)21(25)23-17-10-9-15(3)16(4)12-17/h6-12,19-20H,5,13H2,1-4H3,(H,23,25). The number of benzene rings is 2. The van der Waals surface area contributed by atoms with Crippen molar-refractivity contribution in [3.05, 3.63) is 59.2 Å². The first-order chi connectivity index (χ1) is 12.4. The van der Waals surface area contributed by atoms with Crippen molar-refractivity contribution in [3.63, 3.8) is 0 Å². The lowest BCUT2D eigenvalue weighted by Gasteiger charge is -2.21. The van der Waals surface area contributed by atoms with Crippen LogP contribution >= 0.6 is 0 Å². The number of anilines is 2. The van der Waals surface area contributed by atoms with Gasteiger partial charge < -0.3 is 10.2 Å². The molecule has 0 bridgehead atoms. The normalized spacial score (nSPS) is 18.3. The van der Waals surface area contributed by atoms with Crippen molar-refractivity contribution in [2.75, 3.05) is 16.8 Å². The van der Waals surface area contributed by atoms with Gasteiger partial charge in [0.05, 0.1) is 11.8 Å². The Bertz CT molecular complexity index is 844. The van der Waals surface area contributed by atoms with Crippen LogP contribution in [0.2, 0.25) is 0 Å². The Kier molecular flexibility index (Phi) is 5.12. The van der Waals surface area contributed by atoms with Crippen LogP contribution in [0, 0.1) is 32.6 Å². The summed E-state index contributed by atoms with van der Waals surface area (Å²) in [6.07, 6.45) is 0.623. The summed E-state index contributed by atoms with van der Waals surface area (Å²) in [7, 11) is 0. The molecule has 2 aromatic rings. The second-order valence-electron chi connectivity index (χ2n) is 7.16. The lowest BCUT2D eigenvalue weighted by molar-refractivity contribution is -0.123. The van der Waals surface area contributed by atoms with Gasteiger partial charge in [-0.15, -0.1) is 0 Å². The van der Waals surface area contributed by atoms with E-state index in [0.717, 1.165) is 22.5 Å². The molecule has 136 valence electrons. The molecule has 2 atom stereocenters. The molecule has 0 radical (unpaired) electrons. The largest absolute Gasteiger partial charge is 0.326 e. The average Bonchev–Trinajstić information content (AvgIpc) is 3.40. The fourth-order valence-corrected chi connectivity index (χ4v) is 3.27. The van der Waals surface area contributed by atoms with E-state index in [0.29, 0.717) is 13.0 Å². The van der Waals surface area contributed by atoms with Crippen LogP contribution in [0.15, 0.2) is 42.5 Å². The highest BCUT2D eigenvalue weighted by Crippen LogP contribution is 2.41. The number of amides is 2. The van der Waals surface area contributed by atoms with Crippen molar-refractivity contribution < 1.29 is 9.59 Å². The summed E-state index contributed by atoms with van der Waals surface area (Å²) in [5.41, 5.74) is 5.15. The second-order valence-corrected chi connectivity index (χ2v) is 7.16. The molecule has 2 amide bonds. The third-order valence-electron chi connectivity index (χ3n) is 5.11. The minimum absolute atomic E-state index is 0.0401. The molecule has 1 N–H and O–H groups in total. The third kappa shape index (κ3) is 3.79. The Morgan fingerprint density at radius 3 is 2.46 bits per heavy atom. The summed E-state index contributed by atoms with van der Waals surface area (Å²) in [5, 5.41) is 2.95. The molecule has 1 fully saturated rings. The topological polar surface area (TPSA) is 49.4 Å². The number of rotatable bonds is 5. The van der Waals surface area contributed by atoms with Gasteiger partial charge in [-0.05, 0) is 75.1 Å². The number of carbonyl (C=O) groups excluding carboxylic acids is 2. The second kappa shape index (κ2) is 7.32. The van der Waals surface area contributed by atoms with Crippen LogP contribution < -0.4 is 10.2 Å². The highest BCUT2D eigenvalue weighted by Gasteiger charge is 2.49. The predicted molar refractivity (Wildman–Crippen MR) is 105 cm³/mol. The Labute approximate surface area is 155 Å². The van der Waals surface area contributed by atoms with Crippen molar-refractivity contribution in [1.82, 2.24) is 0 Å². The third-order valence-corrected chi connectivity index (χ3v) is 5.11. The van der Waals surface area contributed by atoms with E-state index in [1.807, 2.05) is 70.2 Å². The van der Waals surface area contributed by atoms with E-state index >= 15 is 0 Å². The first-order valence-corrected chi connectivity index (χ1v) is 9.17. The van der Waals surface area contributed by atoms with Gasteiger partial charge in [0.2, 0.25) is 11.8 Å². The molecule has 1 aliphatic carbocycles. The summed E-state index contributed by atoms with van der Waals surface area (Å²) in [6, 6.07) is 13.8. The maximum atomic E-state index is 12.9. The Hall–Kier alpha value is -2.62. The molecule has 0 aromatic heterocycles. The van der Waals surface area contributed by atoms with E-state index in [9.17, 15) is 9.59 Å². The number of nitrogens with zero attached hydrogens (tertiary/aromatic N) is 1. The summed E-state index contributed by atoms with van der Waals surface area (Å²) < 4.78 is 0. The maximum Gasteiger partial charge on any atom is 0.230 e. The maximum absolute atomic E-state index is 12.9. The van der Waals surface area contributed by atoms with E-state index in [4.69, 9.17) is 0 Å². The SMILES string of the molecule is CCN(C(=O)C1CC1C(=O)Nc1ccc(C)c(C)c1)c1cccc(C)c1. The van der Waals surface area contributed by atoms with Gasteiger partial charge in [0.1, 0.15) is 0 Å². The summed E-state index contributed by atoms with van der Waals surface area (Å²) in [6.45, 7) is 8.65. The average molecular weight is 350 g/mol. The van der Waals surface area contributed by atoms with Gasteiger partial charge in [0.15, 0.2) is 0 Å². The van der Waals surface area contributed by atoms with E-state index in [1.54, 1.807) is 4.90 Å². The molecule has 3 rings (SSSR count). The van der Waals surface area contributed by atoms with Gasteiger partial charge in [0.25, 0.3) is 0 Å². The van der Waals surface area contributed by atoms with Crippen LogP contribution in [0.1, 0.15) is 30.0 Å². The van der Waals surface area contributed by atoms with Crippen molar-refractivity contribution in [2.45, 2.75) is 34.1 Å². The summed E-state index contributed by atoms with van der Waals surface area (Å²) in [4.78, 5) is 27.1. The minimum Gasteiger partial charge on any atom is -0.326 e. The van der Waals surface area contributed by atoms with Crippen LogP contribution in [0.4, 0.5) is 11.4 Å². The van der Waals surface area contributed by atoms with Gasteiger partial charge in [-0.3, -0.25) is 9.59 Å². The molecule has 0 saturated heterocycles. The summed E-state index contributed by atoms with van der Waals surface area (Å²) >= 11 is 0. The van der Waals surface area contributed by atoms with Gasteiger partial charge >= 0.3 is 0 Å². The Morgan fingerprint density at radius 2 is 1.81 bits per heavy atom. The molecular weight excluding hydrogens is 324 g/mol. The number of aryl methyl sites for hydroxylation is 3. The number of hydrogen-bond donors (Lipinski definition) is 1. The molecule has 4 nitrogen and oxygen atoms in total. The van der Waals surface area contributed by atoms with Crippen LogP contribution in [-0.4, -0.2) is 18.4 Å².